The number of anilines is 1. The molecule has 3 atom stereocenters. The second kappa shape index (κ2) is 5.36. The van der Waals surface area contributed by atoms with E-state index in [1.54, 1.807) is 0 Å². The molecule has 1 fully saturated rings. The highest BCUT2D eigenvalue weighted by Crippen LogP contribution is 2.30. The van der Waals surface area contributed by atoms with Crippen molar-refractivity contribution in [2.45, 2.75) is 24.9 Å². The molecule has 118 valence electrons. The summed E-state index contributed by atoms with van der Waals surface area (Å²) in [6.45, 7) is -0.327. The summed E-state index contributed by atoms with van der Waals surface area (Å²) in [5.41, 5.74) is 4.66. The SMILES string of the molecule is NC(=O)Nc1nc2c(ncn2[C@H]2CC(O)[C@@H](CO)O2)c(=O)[nH]1. The number of carbonyl (C=O) groups is 1. The number of ether oxygens (including phenoxy) is 1. The zero-order valence-corrected chi connectivity index (χ0v) is 11.3. The molecule has 1 aliphatic heterocycles. The largest absolute Gasteiger partial charge is 0.394 e. The van der Waals surface area contributed by atoms with Crippen molar-refractivity contribution in [3.63, 3.8) is 0 Å². The molecule has 0 bridgehead atoms. The highest BCUT2D eigenvalue weighted by atomic mass is 16.5. The number of aliphatic hydroxyl groups is 2. The fourth-order valence-corrected chi connectivity index (χ4v) is 2.36. The van der Waals surface area contributed by atoms with Crippen molar-refractivity contribution in [3.8, 4) is 0 Å². The van der Waals surface area contributed by atoms with Crippen molar-refractivity contribution >= 4 is 23.1 Å². The summed E-state index contributed by atoms with van der Waals surface area (Å²) in [5.74, 6) is -0.121. The normalized spacial score (nSPS) is 24.7. The van der Waals surface area contributed by atoms with Gasteiger partial charge in [-0.3, -0.25) is 19.7 Å². The van der Waals surface area contributed by atoms with Gasteiger partial charge in [0, 0.05) is 6.42 Å². The van der Waals surface area contributed by atoms with Crippen LogP contribution >= 0.6 is 0 Å². The Morgan fingerprint density at radius 2 is 2.41 bits per heavy atom. The number of imidazole rings is 1. The monoisotopic (exact) mass is 310 g/mol. The van der Waals surface area contributed by atoms with Gasteiger partial charge >= 0.3 is 6.03 Å². The predicted octanol–water partition coefficient (Wildman–Crippen LogP) is -1.75. The van der Waals surface area contributed by atoms with E-state index in [9.17, 15) is 14.7 Å². The number of rotatable bonds is 3. The maximum atomic E-state index is 11.9. The molecule has 0 aromatic carbocycles. The van der Waals surface area contributed by atoms with Gasteiger partial charge in [-0.1, -0.05) is 0 Å². The van der Waals surface area contributed by atoms with Crippen molar-refractivity contribution in [3.05, 3.63) is 16.7 Å². The maximum absolute atomic E-state index is 11.9. The van der Waals surface area contributed by atoms with Crippen molar-refractivity contribution in [2.75, 3.05) is 11.9 Å². The lowest BCUT2D eigenvalue weighted by atomic mass is 10.2. The summed E-state index contributed by atoms with van der Waals surface area (Å²) in [6.07, 6.45) is -0.625. The van der Waals surface area contributed by atoms with Gasteiger partial charge in [0.05, 0.1) is 19.0 Å². The van der Waals surface area contributed by atoms with E-state index in [1.165, 1.54) is 10.9 Å². The van der Waals surface area contributed by atoms with Gasteiger partial charge in [-0.15, -0.1) is 0 Å². The first-order chi connectivity index (χ1) is 10.5. The molecule has 0 saturated carbocycles. The minimum absolute atomic E-state index is 0.0561. The van der Waals surface area contributed by atoms with Crippen LogP contribution in [0.2, 0.25) is 0 Å². The number of H-pyrrole nitrogens is 1. The molecule has 1 unspecified atom stereocenters. The van der Waals surface area contributed by atoms with Crippen LogP contribution < -0.4 is 16.6 Å². The van der Waals surface area contributed by atoms with E-state index < -0.39 is 30.0 Å². The van der Waals surface area contributed by atoms with Crippen LogP contribution in [0.4, 0.5) is 10.7 Å². The van der Waals surface area contributed by atoms with Crippen LogP contribution in [0.1, 0.15) is 12.6 Å². The topological polar surface area (TPSA) is 168 Å². The molecule has 0 radical (unpaired) electrons. The van der Waals surface area contributed by atoms with Crippen molar-refractivity contribution in [2.24, 2.45) is 5.73 Å². The van der Waals surface area contributed by atoms with Gasteiger partial charge in [0.15, 0.2) is 11.2 Å². The Morgan fingerprint density at radius 3 is 3.05 bits per heavy atom. The van der Waals surface area contributed by atoms with Gasteiger partial charge in [0.2, 0.25) is 5.95 Å². The fourth-order valence-electron chi connectivity index (χ4n) is 2.36. The number of amides is 2. The lowest BCUT2D eigenvalue weighted by Gasteiger charge is -2.13. The zero-order chi connectivity index (χ0) is 15.9. The smallest absolute Gasteiger partial charge is 0.318 e. The van der Waals surface area contributed by atoms with Gasteiger partial charge in [-0.25, -0.2) is 9.78 Å². The Morgan fingerprint density at radius 1 is 1.64 bits per heavy atom. The number of aromatic amines is 1. The molecule has 6 N–H and O–H groups in total. The molecule has 1 saturated heterocycles. The molecular weight excluding hydrogens is 296 g/mol. The van der Waals surface area contributed by atoms with Crippen LogP contribution in [-0.2, 0) is 4.74 Å². The number of fused-ring (bicyclic) bond motifs is 1. The average molecular weight is 310 g/mol. The average Bonchev–Trinajstić information content (AvgIpc) is 3.01. The third-order valence-electron chi connectivity index (χ3n) is 3.37. The number of carbonyl (C=O) groups excluding carboxylic acids is 1. The number of hydrogen-bond acceptors (Lipinski definition) is 7. The molecule has 0 spiro atoms. The molecular formula is C11H14N6O5. The van der Waals surface area contributed by atoms with Crippen LogP contribution in [0.5, 0.6) is 0 Å². The van der Waals surface area contributed by atoms with Crippen LogP contribution in [0, 0.1) is 0 Å². The summed E-state index contributed by atoms with van der Waals surface area (Å²) in [7, 11) is 0. The number of primary amides is 1. The first-order valence-electron chi connectivity index (χ1n) is 6.47. The Kier molecular flexibility index (Phi) is 3.52. The second-order valence-electron chi connectivity index (χ2n) is 4.84. The number of hydrogen-bond donors (Lipinski definition) is 5. The lowest BCUT2D eigenvalue weighted by molar-refractivity contribution is -0.0432. The van der Waals surface area contributed by atoms with E-state index in [4.69, 9.17) is 15.6 Å². The predicted molar refractivity (Wildman–Crippen MR) is 73.0 cm³/mol. The fraction of sp³-hybridized carbons (Fsp3) is 0.455. The van der Waals surface area contributed by atoms with Crippen molar-refractivity contribution in [1.29, 1.82) is 0 Å². The van der Waals surface area contributed by atoms with Gasteiger partial charge in [0.1, 0.15) is 12.3 Å². The summed E-state index contributed by atoms with van der Waals surface area (Å²) in [5, 5.41) is 21.1. The molecule has 3 rings (SSSR count). The van der Waals surface area contributed by atoms with Crippen LogP contribution in [-0.4, -0.2) is 54.6 Å². The first kappa shape index (κ1) is 14.4. The van der Waals surface area contributed by atoms with Gasteiger partial charge in [-0.05, 0) is 0 Å². The van der Waals surface area contributed by atoms with Crippen LogP contribution in [0.25, 0.3) is 11.2 Å². The standard InChI is InChI=1S/C11H14N6O5/c12-10(21)16-11-14-8-7(9(20)15-11)13-3-17(8)6-1-4(19)5(2-18)22-6/h3-6,18-19H,1-2H2,(H4,12,14,15,16,20,21)/t4?,5-,6-/m1/s1. The maximum Gasteiger partial charge on any atom is 0.318 e. The summed E-state index contributed by atoms with van der Waals surface area (Å²) < 4.78 is 6.95. The molecule has 3 heterocycles. The lowest BCUT2D eigenvalue weighted by Crippen LogP contribution is -2.24. The van der Waals surface area contributed by atoms with E-state index in [0.29, 0.717) is 0 Å². The molecule has 0 aliphatic carbocycles. The molecule has 2 amide bonds. The third kappa shape index (κ3) is 2.41. The van der Waals surface area contributed by atoms with E-state index in [1.807, 2.05) is 0 Å². The number of aromatic nitrogens is 4. The summed E-state index contributed by atoms with van der Waals surface area (Å²) in [4.78, 5) is 33.1. The minimum Gasteiger partial charge on any atom is -0.394 e. The third-order valence-corrected chi connectivity index (χ3v) is 3.37. The molecule has 1 aliphatic rings. The first-order valence-corrected chi connectivity index (χ1v) is 6.47. The van der Waals surface area contributed by atoms with Crippen molar-refractivity contribution in [1.82, 2.24) is 19.5 Å². The van der Waals surface area contributed by atoms with Crippen LogP contribution in [0.15, 0.2) is 11.1 Å². The Hall–Kier alpha value is -2.50. The second-order valence-corrected chi connectivity index (χ2v) is 4.84. The zero-order valence-electron chi connectivity index (χ0n) is 11.3. The van der Waals surface area contributed by atoms with Crippen molar-refractivity contribution < 1.29 is 19.7 Å². The number of nitrogens with zero attached hydrogens (tertiary/aromatic N) is 3. The molecule has 11 heteroatoms. The van der Waals surface area contributed by atoms with Crippen LogP contribution in [0.3, 0.4) is 0 Å². The molecule has 22 heavy (non-hydrogen) atoms. The molecule has 2 aromatic heterocycles. The Balaban J connectivity index is 2.02. The van der Waals surface area contributed by atoms with Gasteiger partial charge in [-0.2, -0.15) is 4.98 Å². The number of urea groups is 1. The molecule has 11 nitrogen and oxygen atoms in total. The number of nitrogens with two attached hydrogens (primary N) is 1. The Bertz CT molecular complexity index is 770. The van der Waals surface area contributed by atoms with E-state index in [0.717, 1.165) is 0 Å². The van der Waals surface area contributed by atoms with E-state index in [2.05, 4.69) is 20.3 Å². The highest BCUT2D eigenvalue weighted by molar-refractivity contribution is 5.86. The Labute approximate surface area is 122 Å². The van der Waals surface area contributed by atoms with Gasteiger partial charge in [0.25, 0.3) is 5.56 Å². The van der Waals surface area contributed by atoms with E-state index in [-0.39, 0.29) is 30.1 Å². The summed E-state index contributed by atoms with van der Waals surface area (Å²) in [6, 6.07) is -0.874. The van der Waals surface area contributed by atoms with E-state index >= 15 is 0 Å². The van der Waals surface area contributed by atoms with Gasteiger partial charge < -0.3 is 20.7 Å². The summed E-state index contributed by atoms with van der Waals surface area (Å²) >= 11 is 0. The number of nitrogens with one attached hydrogen (secondary N) is 2. The molecule has 2 aromatic rings. The number of aliphatic hydroxyl groups excluding tert-OH is 2. The quantitative estimate of drug-likeness (QED) is 0.447. The highest BCUT2D eigenvalue weighted by Gasteiger charge is 2.35. The minimum atomic E-state index is -0.874.